The predicted octanol–water partition coefficient (Wildman–Crippen LogP) is 2.71. The summed E-state index contributed by atoms with van der Waals surface area (Å²) >= 11 is 0. The molecule has 3 heterocycles. The number of nitrogens with one attached hydrogen (secondary N) is 2. The van der Waals surface area contributed by atoms with Gasteiger partial charge in [0, 0.05) is 12.6 Å². The van der Waals surface area contributed by atoms with E-state index in [9.17, 15) is 13.8 Å². The summed E-state index contributed by atoms with van der Waals surface area (Å²) in [5.74, 6) is 0.0947. The number of aromatic nitrogens is 2. The molecule has 36 heavy (non-hydrogen) atoms. The number of amides is 2. The molecule has 8 nitrogen and oxygen atoms in total. The summed E-state index contributed by atoms with van der Waals surface area (Å²) in [4.78, 5) is 35.5. The maximum Gasteiger partial charge on any atom is 0.243 e. The van der Waals surface area contributed by atoms with Crippen LogP contribution in [-0.2, 0) is 32.7 Å². The van der Waals surface area contributed by atoms with E-state index in [0.717, 1.165) is 34.2 Å². The smallest absolute Gasteiger partial charge is 0.243 e. The maximum absolute atomic E-state index is 13.3. The Hall–Kier alpha value is -3.30. The lowest BCUT2D eigenvalue weighted by Gasteiger charge is -2.38. The van der Waals surface area contributed by atoms with Gasteiger partial charge in [-0.3, -0.25) is 9.59 Å². The highest BCUT2D eigenvalue weighted by molar-refractivity contribution is 7.81. The van der Waals surface area contributed by atoms with Crippen LogP contribution in [0, 0.1) is 0 Å². The quantitative estimate of drug-likeness (QED) is 0.460. The van der Waals surface area contributed by atoms with Gasteiger partial charge in [-0.15, -0.1) is 0 Å². The molecule has 9 heteroatoms. The molecule has 2 aromatic carbocycles. The molecule has 188 valence electrons. The third kappa shape index (κ3) is 5.12. The second kappa shape index (κ2) is 10.4. The van der Waals surface area contributed by atoms with Gasteiger partial charge in [-0.05, 0) is 49.4 Å². The Morgan fingerprint density at radius 2 is 2.03 bits per heavy atom. The summed E-state index contributed by atoms with van der Waals surface area (Å²) in [6.45, 7) is 6.57. The van der Waals surface area contributed by atoms with Gasteiger partial charge >= 0.3 is 0 Å². The highest BCUT2D eigenvalue weighted by atomic mass is 32.2. The van der Waals surface area contributed by atoms with Gasteiger partial charge < -0.3 is 15.2 Å². The van der Waals surface area contributed by atoms with E-state index >= 15 is 0 Å². The molecule has 0 saturated carbocycles. The lowest BCUT2D eigenvalue weighted by molar-refractivity contribution is -0.143. The first-order chi connectivity index (χ1) is 17.4. The number of piperazine rings is 1. The number of carbonyl (C=O) groups excluding carboxylic acids is 2. The zero-order chi connectivity index (χ0) is 25.2. The number of benzene rings is 2. The second-order valence-corrected chi connectivity index (χ2v) is 11.1. The number of imidazole rings is 1. The zero-order valence-electron chi connectivity index (χ0n) is 20.4. The van der Waals surface area contributed by atoms with E-state index in [1.165, 1.54) is 0 Å². The van der Waals surface area contributed by atoms with E-state index in [1.54, 1.807) is 15.5 Å². The highest BCUT2D eigenvalue weighted by Crippen LogP contribution is 2.30. The summed E-state index contributed by atoms with van der Waals surface area (Å²) in [5, 5.41) is 3.14. The minimum absolute atomic E-state index is 0.0633. The number of nitrogens with zero attached hydrogens (tertiary/aromatic N) is 3. The Balaban J connectivity index is 1.22. The van der Waals surface area contributed by atoms with Crippen LogP contribution in [0.15, 0.2) is 67.0 Å². The first-order valence-corrected chi connectivity index (χ1v) is 13.5. The van der Waals surface area contributed by atoms with Crippen LogP contribution in [0.5, 0.6) is 0 Å². The van der Waals surface area contributed by atoms with Crippen LogP contribution < -0.4 is 5.32 Å². The topological polar surface area (TPSA) is 98.4 Å². The fourth-order valence-corrected chi connectivity index (χ4v) is 6.41. The average Bonchev–Trinajstić information content (AvgIpc) is 3.51. The Labute approximate surface area is 213 Å². The molecule has 2 saturated heterocycles. The normalized spacial score (nSPS) is 21.8. The number of rotatable bonds is 8. The van der Waals surface area contributed by atoms with Crippen LogP contribution in [0.1, 0.15) is 30.9 Å². The minimum atomic E-state index is -1.29. The lowest BCUT2D eigenvalue weighted by atomic mass is 10.00. The molecule has 3 aromatic rings. The van der Waals surface area contributed by atoms with Crippen LogP contribution in [0.25, 0.3) is 11.0 Å². The third-order valence-corrected chi connectivity index (χ3v) is 8.51. The molecule has 0 radical (unpaired) electrons. The number of H-pyrrole nitrogens is 1. The Morgan fingerprint density at radius 1 is 1.22 bits per heavy atom. The number of fused-ring (bicyclic) bond motifs is 2. The molecular formula is C27H31N5O3S. The monoisotopic (exact) mass is 505 g/mol. The van der Waals surface area contributed by atoms with Gasteiger partial charge in [-0.1, -0.05) is 48.6 Å². The van der Waals surface area contributed by atoms with Crippen molar-refractivity contribution in [3.63, 3.8) is 0 Å². The summed E-state index contributed by atoms with van der Waals surface area (Å²) in [6.07, 6.45) is 3.59. The van der Waals surface area contributed by atoms with Gasteiger partial charge in [-0.2, -0.15) is 0 Å². The molecule has 0 aliphatic carbocycles. The predicted molar refractivity (Wildman–Crippen MR) is 140 cm³/mol. The summed E-state index contributed by atoms with van der Waals surface area (Å²) in [6, 6.07) is 14.8. The standard InChI is InChI=1S/C27H31N5O3S/c1-18(2)23(12-20-8-10-22-24(13-20)29-17-28-22)30-27(34)25-11-9-21-14-31(15-26(33)32(21)25)36(35)16-19-6-4-3-5-7-19/h3-8,10,13,17,21,23,25H,1,9,11-12,14-16H2,2H3,(H,28,29)(H,30,34). The van der Waals surface area contributed by atoms with Crippen molar-refractivity contribution in [2.24, 2.45) is 0 Å². The van der Waals surface area contributed by atoms with Crippen molar-refractivity contribution in [1.82, 2.24) is 24.5 Å². The summed E-state index contributed by atoms with van der Waals surface area (Å²) < 4.78 is 14.7. The molecule has 0 spiro atoms. The van der Waals surface area contributed by atoms with Crippen molar-refractivity contribution < 1.29 is 13.8 Å². The SMILES string of the molecule is C=C(C)C(Cc1ccc2nc[nH]c2c1)NC(=O)C1CCC2CN(S(=O)Cc3ccccc3)CC(=O)N21. The largest absolute Gasteiger partial charge is 0.348 e. The third-order valence-electron chi connectivity index (χ3n) is 7.08. The summed E-state index contributed by atoms with van der Waals surface area (Å²) in [7, 11) is -1.29. The molecule has 4 atom stereocenters. The average molecular weight is 506 g/mol. The summed E-state index contributed by atoms with van der Waals surface area (Å²) in [5.41, 5.74) is 4.75. The number of aromatic amines is 1. The van der Waals surface area contributed by atoms with Crippen molar-refractivity contribution >= 4 is 33.8 Å². The zero-order valence-corrected chi connectivity index (χ0v) is 21.2. The molecule has 2 amide bonds. The molecule has 2 aliphatic heterocycles. The van der Waals surface area contributed by atoms with Gasteiger partial charge in [-0.25, -0.2) is 13.5 Å². The van der Waals surface area contributed by atoms with Crippen LogP contribution in [0.2, 0.25) is 0 Å². The molecule has 4 unspecified atom stereocenters. The molecule has 2 N–H and O–H groups in total. The van der Waals surface area contributed by atoms with Gasteiger partial charge in [0.05, 0.1) is 46.7 Å². The first kappa shape index (κ1) is 24.4. The fraction of sp³-hybridized carbons (Fsp3) is 0.370. The number of carbonyl (C=O) groups is 2. The van der Waals surface area contributed by atoms with Gasteiger partial charge in [0.1, 0.15) is 6.04 Å². The lowest BCUT2D eigenvalue weighted by Crippen LogP contribution is -2.59. The van der Waals surface area contributed by atoms with E-state index < -0.39 is 17.0 Å². The van der Waals surface area contributed by atoms with E-state index in [4.69, 9.17) is 0 Å². The Kier molecular flexibility index (Phi) is 7.02. The van der Waals surface area contributed by atoms with Crippen molar-refractivity contribution in [2.45, 2.75) is 50.1 Å². The second-order valence-electron chi connectivity index (χ2n) is 9.69. The molecule has 1 aromatic heterocycles. The van der Waals surface area contributed by atoms with E-state index in [1.807, 2.05) is 55.5 Å². The molecular weight excluding hydrogens is 474 g/mol. The number of hydrogen-bond acceptors (Lipinski definition) is 4. The number of hydrogen-bond donors (Lipinski definition) is 2. The van der Waals surface area contributed by atoms with Crippen LogP contribution in [0.4, 0.5) is 0 Å². The molecule has 2 aliphatic rings. The Bertz CT molecular complexity index is 1310. The van der Waals surface area contributed by atoms with Gasteiger partial charge in [0.2, 0.25) is 11.8 Å². The van der Waals surface area contributed by atoms with Gasteiger partial charge in [0.15, 0.2) is 0 Å². The van der Waals surface area contributed by atoms with Crippen molar-refractivity contribution in [3.05, 3.63) is 78.1 Å². The molecule has 2 fully saturated rings. The van der Waals surface area contributed by atoms with Gasteiger partial charge in [0.25, 0.3) is 0 Å². The highest BCUT2D eigenvalue weighted by Gasteiger charge is 2.45. The molecule has 0 bridgehead atoms. The molecule has 5 rings (SSSR count). The van der Waals surface area contributed by atoms with E-state index in [0.29, 0.717) is 25.1 Å². The fourth-order valence-electron chi connectivity index (χ4n) is 5.15. The Morgan fingerprint density at radius 3 is 2.81 bits per heavy atom. The minimum Gasteiger partial charge on any atom is -0.348 e. The van der Waals surface area contributed by atoms with Crippen LogP contribution in [-0.4, -0.2) is 66.4 Å². The van der Waals surface area contributed by atoms with Crippen molar-refractivity contribution in [1.29, 1.82) is 0 Å². The van der Waals surface area contributed by atoms with E-state index in [-0.39, 0.29) is 30.4 Å². The van der Waals surface area contributed by atoms with Crippen molar-refractivity contribution in [2.75, 3.05) is 13.1 Å². The maximum atomic E-state index is 13.3. The van der Waals surface area contributed by atoms with Crippen LogP contribution in [0.3, 0.4) is 0 Å². The first-order valence-electron chi connectivity index (χ1n) is 12.3. The van der Waals surface area contributed by atoms with E-state index in [2.05, 4.69) is 21.9 Å². The van der Waals surface area contributed by atoms with Crippen LogP contribution >= 0.6 is 0 Å². The van der Waals surface area contributed by atoms with Crippen molar-refractivity contribution in [3.8, 4) is 0 Å².